The van der Waals surface area contributed by atoms with Crippen LogP contribution in [0.3, 0.4) is 0 Å². The summed E-state index contributed by atoms with van der Waals surface area (Å²) in [5.74, 6) is 1.66. The van der Waals surface area contributed by atoms with Gasteiger partial charge < -0.3 is 10.6 Å². The van der Waals surface area contributed by atoms with E-state index in [1.54, 1.807) is 0 Å². The number of thiophene rings is 1. The molecule has 2 aliphatic rings. The Morgan fingerprint density at radius 3 is 2.58 bits per heavy atom. The number of hydrogen-bond donors (Lipinski definition) is 2. The molecule has 0 bridgehead atoms. The largest absolute Gasteiger partial charge is 0.356 e. The zero-order chi connectivity index (χ0) is 21.3. The molecule has 1 aromatic heterocycles. The Labute approximate surface area is 191 Å². The van der Waals surface area contributed by atoms with Gasteiger partial charge in [0, 0.05) is 57.2 Å². The lowest BCUT2D eigenvalue weighted by Gasteiger charge is -2.34. The Morgan fingerprint density at radius 2 is 1.84 bits per heavy atom. The molecule has 1 unspecified atom stereocenters. The monoisotopic (exact) mass is 439 g/mol. The summed E-state index contributed by atoms with van der Waals surface area (Å²) in [7, 11) is 1.89. The van der Waals surface area contributed by atoms with E-state index < -0.39 is 0 Å². The van der Waals surface area contributed by atoms with Crippen LogP contribution in [0.2, 0.25) is 0 Å². The van der Waals surface area contributed by atoms with Gasteiger partial charge in [0.25, 0.3) is 0 Å². The molecule has 31 heavy (non-hydrogen) atoms. The van der Waals surface area contributed by atoms with Gasteiger partial charge in [-0.05, 0) is 55.2 Å². The Morgan fingerprint density at radius 1 is 1.00 bits per heavy atom. The minimum atomic E-state index is 0.514. The highest BCUT2D eigenvalue weighted by Gasteiger charge is 2.22. The summed E-state index contributed by atoms with van der Waals surface area (Å²) in [6, 6.07) is 15.7. The van der Waals surface area contributed by atoms with Crippen LogP contribution in [0, 0.1) is 5.92 Å². The summed E-state index contributed by atoms with van der Waals surface area (Å²) in [6.07, 6.45) is 4.95. The Bertz CT molecular complexity index is 784. The van der Waals surface area contributed by atoms with Crippen LogP contribution in [-0.2, 0) is 13.1 Å². The topological polar surface area (TPSA) is 42.9 Å². The van der Waals surface area contributed by atoms with Gasteiger partial charge >= 0.3 is 0 Å². The summed E-state index contributed by atoms with van der Waals surface area (Å²) in [4.78, 5) is 11.2. The predicted octanol–water partition coefficient (Wildman–Crippen LogP) is 3.79. The molecule has 5 nitrogen and oxygen atoms in total. The third-order valence-corrected chi connectivity index (χ3v) is 7.38. The Hall–Kier alpha value is -1.89. The van der Waals surface area contributed by atoms with Gasteiger partial charge in [-0.3, -0.25) is 14.8 Å². The molecule has 1 atom stereocenters. The van der Waals surface area contributed by atoms with Crippen LogP contribution in [0.25, 0.3) is 0 Å². The number of nitrogens with zero attached hydrogens (tertiary/aromatic N) is 3. The smallest absolute Gasteiger partial charge is 0.191 e. The van der Waals surface area contributed by atoms with Crippen molar-refractivity contribution in [2.75, 3.05) is 39.8 Å². The number of likely N-dealkylation sites (tertiary alicyclic amines) is 2. The van der Waals surface area contributed by atoms with E-state index in [2.05, 4.69) is 73.3 Å². The molecule has 2 aromatic rings. The van der Waals surface area contributed by atoms with Crippen molar-refractivity contribution in [1.82, 2.24) is 20.4 Å². The summed E-state index contributed by atoms with van der Waals surface area (Å²) in [6.45, 7) is 7.86. The van der Waals surface area contributed by atoms with E-state index in [1.165, 1.54) is 49.2 Å². The quantitative estimate of drug-likeness (QED) is 0.509. The molecule has 2 aliphatic heterocycles. The van der Waals surface area contributed by atoms with Crippen LogP contribution in [0.1, 0.15) is 36.1 Å². The van der Waals surface area contributed by atoms with Gasteiger partial charge in [0.2, 0.25) is 0 Å². The van der Waals surface area contributed by atoms with Gasteiger partial charge in [-0.15, -0.1) is 11.3 Å². The van der Waals surface area contributed by atoms with Crippen LogP contribution in [0.5, 0.6) is 0 Å². The maximum atomic E-state index is 4.50. The van der Waals surface area contributed by atoms with Gasteiger partial charge in [-0.1, -0.05) is 36.4 Å². The van der Waals surface area contributed by atoms with Gasteiger partial charge in [-0.2, -0.15) is 0 Å². The highest BCUT2D eigenvalue weighted by atomic mass is 32.1. The summed E-state index contributed by atoms with van der Waals surface area (Å²) < 4.78 is 0. The minimum absolute atomic E-state index is 0.514. The van der Waals surface area contributed by atoms with Crippen molar-refractivity contribution in [2.45, 2.75) is 44.8 Å². The summed E-state index contributed by atoms with van der Waals surface area (Å²) >= 11 is 1.87. The SMILES string of the molecule is CN=C(NCC1CCCN(Cc2cccs2)C1)NC1CCN(Cc2ccccc2)CC1. The summed E-state index contributed by atoms with van der Waals surface area (Å²) in [5, 5.41) is 9.48. The molecule has 0 amide bonds. The third kappa shape index (κ3) is 7.06. The molecule has 2 N–H and O–H groups in total. The van der Waals surface area contributed by atoms with E-state index >= 15 is 0 Å². The number of guanidine groups is 1. The molecule has 0 aliphatic carbocycles. The van der Waals surface area contributed by atoms with Crippen LogP contribution in [-0.4, -0.2) is 61.6 Å². The maximum absolute atomic E-state index is 4.50. The molecule has 4 rings (SSSR count). The van der Waals surface area contributed by atoms with E-state index in [1.807, 2.05) is 18.4 Å². The average molecular weight is 440 g/mol. The van der Waals surface area contributed by atoms with Crippen LogP contribution in [0.4, 0.5) is 0 Å². The fraction of sp³-hybridized carbons (Fsp3) is 0.560. The average Bonchev–Trinajstić information content (AvgIpc) is 3.32. The number of hydrogen-bond acceptors (Lipinski definition) is 4. The first-order valence-electron chi connectivity index (χ1n) is 11.8. The van der Waals surface area contributed by atoms with Crippen LogP contribution < -0.4 is 10.6 Å². The molecule has 2 fully saturated rings. The van der Waals surface area contributed by atoms with Gasteiger partial charge in [-0.25, -0.2) is 0 Å². The van der Waals surface area contributed by atoms with Crippen molar-refractivity contribution in [3.63, 3.8) is 0 Å². The highest BCUT2D eigenvalue weighted by molar-refractivity contribution is 7.09. The van der Waals surface area contributed by atoms with Crippen molar-refractivity contribution < 1.29 is 0 Å². The first kappa shape index (κ1) is 22.3. The van der Waals surface area contributed by atoms with Crippen molar-refractivity contribution >= 4 is 17.3 Å². The van der Waals surface area contributed by atoms with Crippen molar-refractivity contribution in [3.05, 3.63) is 58.3 Å². The second-order valence-electron chi connectivity index (χ2n) is 8.96. The fourth-order valence-corrected chi connectivity index (χ4v) is 5.54. The molecular weight excluding hydrogens is 402 g/mol. The first-order valence-corrected chi connectivity index (χ1v) is 12.6. The lowest BCUT2D eigenvalue weighted by molar-refractivity contribution is 0.169. The van der Waals surface area contributed by atoms with Crippen LogP contribution >= 0.6 is 11.3 Å². The molecule has 3 heterocycles. The highest BCUT2D eigenvalue weighted by Crippen LogP contribution is 2.20. The van der Waals surface area contributed by atoms with Crippen molar-refractivity contribution in [3.8, 4) is 0 Å². The van der Waals surface area contributed by atoms with Crippen molar-refractivity contribution in [1.29, 1.82) is 0 Å². The Kier molecular flexibility index (Phi) is 8.38. The molecule has 168 valence electrons. The maximum Gasteiger partial charge on any atom is 0.191 e. The lowest BCUT2D eigenvalue weighted by Crippen LogP contribution is -2.50. The molecule has 2 saturated heterocycles. The van der Waals surface area contributed by atoms with Gasteiger partial charge in [0.1, 0.15) is 0 Å². The number of benzene rings is 1. The van der Waals surface area contributed by atoms with E-state index in [4.69, 9.17) is 0 Å². The van der Waals surface area contributed by atoms with Gasteiger partial charge in [0.15, 0.2) is 5.96 Å². The molecule has 1 aromatic carbocycles. The minimum Gasteiger partial charge on any atom is -0.356 e. The molecule has 0 spiro atoms. The first-order chi connectivity index (χ1) is 15.3. The Balaban J connectivity index is 1.16. The molecule has 0 saturated carbocycles. The third-order valence-electron chi connectivity index (χ3n) is 6.52. The normalized spacial score (nSPS) is 21.8. The van der Waals surface area contributed by atoms with Gasteiger partial charge in [0.05, 0.1) is 0 Å². The lowest BCUT2D eigenvalue weighted by atomic mass is 9.98. The van der Waals surface area contributed by atoms with E-state index in [9.17, 15) is 0 Å². The number of piperidine rings is 2. The molecular formula is C25H37N5S. The fourth-order valence-electron chi connectivity index (χ4n) is 4.79. The van der Waals surface area contributed by atoms with Crippen LogP contribution in [0.15, 0.2) is 52.8 Å². The predicted molar refractivity (Wildman–Crippen MR) is 132 cm³/mol. The summed E-state index contributed by atoms with van der Waals surface area (Å²) in [5.41, 5.74) is 1.41. The second-order valence-corrected chi connectivity index (χ2v) is 9.99. The zero-order valence-corrected chi connectivity index (χ0v) is 19.6. The van der Waals surface area contributed by atoms with Crippen molar-refractivity contribution in [2.24, 2.45) is 10.9 Å². The number of rotatable bonds is 7. The number of nitrogens with one attached hydrogen (secondary N) is 2. The zero-order valence-electron chi connectivity index (χ0n) is 18.8. The standard InChI is InChI=1S/C25H37N5S/c1-26-25(27-17-22-9-5-13-30(19-22)20-24-10-6-16-31-24)28-23-11-14-29(15-12-23)18-21-7-3-2-4-8-21/h2-4,6-8,10,16,22-23H,5,9,11-15,17-20H2,1H3,(H2,26,27,28). The second kappa shape index (κ2) is 11.7. The molecule has 6 heteroatoms. The molecule has 0 radical (unpaired) electrons. The van der Waals surface area contributed by atoms with E-state index in [0.29, 0.717) is 12.0 Å². The van der Waals surface area contributed by atoms with E-state index in [0.717, 1.165) is 38.7 Å². The number of aliphatic imine (C=N–C) groups is 1. The van der Waals surface area contributed by atoms with E-state index in [-0.39, 0.29) is 0 Å².